The Balaban J connectivity index is 1.87. The first-order chi connectivity index (χ1) is 11.5. The van der Waals surface area contributed by atoms with Gasteiger partial charge in [0.1, 0.15) is 5.75 Å². The lowest BCUT2D eigenvalue weighted by atomic mass is 9.86. The molecule has 0 spiro atoms. The van der Waals surface area contributed by atoms with Crippen LogP contribution in [-0.2, 0) is 12.3 Å². The molecule has 0 unspecified atom stereocenters. The van der Waals surface area contributed by atoms with Crippen molar-refractivity contribution in [2.24, 2.45) is 0 Å². The summed E-state index contributed by atoms with van der Waals surface area (Å²) in [5.74, 6) is -2.23. The van der Waals surface area contributed by atoms with Gasteiger partial charge in [0.15, 0.2) is 0 Å². The minimum Gasteiger partial charge on any atom is -0.497 e. The van der Waals surface area contributed by atoms with Gasteiger partial charge in [-0.2, -0.15) is 5.26 Å². The summed E-state index contributed by atoms with van der Waals surface area (Å²) in [6.07, 6.45) is 3.13. The molecule has 24 heavy (non-hydrogen) atoms. The fourth-order valence-electron chi connectivity index (χ4n) is 3.03. The maximum atomic E-state index is 14.7. The summed E-state index contributed by atoms with van der Waals surface area (Å²) in [6, 6.07) is 13.0. The Hall–Kier alpha value is -2.67. The zero-order chi connectivity index (χ0) is 17.2. The molecule has 0 atom stereocenters. The highest BCUT2D eigenvalue weighted by atomic mass is 19.3. The molecule has 0 radical (unpaired) electrons. The maximum Gasteiger partial charge on any atom is 0.277 e. The topological polar surface area (TPSA) is 33.0 Å². The highest BCUT2D eigenvalue weighted by molar-refractivity contribution is 5.71. The van der Waals surface area contributed by atoms with E-state index in [-0.39, 0.29) is 12.0 Å². The van der Waals surface area contributed by atoms with Gasteiger partial charge >= 0.3 is 0 Å². The third-order valence-corrected chi connectivity index (χ3v) is 4.31. The monoisotopic (exact) mass is 325 g/mol. The number of rotatable bonds is 4. The van der Waals surface area contributed by atoms with Crippen molar-refractivity contribution in [2.75, 3.05) is 7.11 Å². The van der Waals surface area contributed by atoms with Crippen LogP contribution in [0.15, 0.2) is 48.5 Å². The number of ether oxygens (including phenoxy) is 1. The number of allylic oxidation sites excluding steroid dienone is 2. The molecule has 0 fully saturated rings. The van der Waals surface area contributed by atoms with Gasteiger partial charge in [0, 0.05) is 12.0 Å². The number of aryl methyl sites for hydroxylation is 1. The van der Waals surface area contributed by atoms with Crippen molar-refractivity contribution in [1.82, 2.24) is 0 Å². The van der Waals surface area contributed by atoms with Gasteiger partial charge < -0.3 is 4.74 Å². The zero-order valence-corrected chi connectivity index (χ0v) is 13.4. The summed E-state index contributed by atoms with van der Waals surface area (Å²) in [7, 11) is 1.60. The molecular weight excluding hydrogens is 308 g/mol. The Morgan fingerprint density at radius 2 is 1.92 bits per heavy atom. The molecule has 0 aromatic heterocycles. The van der Waals surface area contributed by atoms with Crippen LogP contribution >= 0.6 is 0 Å². The summed E-state index contributed by atoms with van der Waals surface area (Å²) in [4.78, 5) is 0. The van der Waals surface area contributed by atoms with E-state index in [9.17, 15) is 8.78 Å². The summed E-state index contributed by atoms with van der Waals surface area (Å²) in [5, 5.41) is 8.79. The molecule has 122 valence electrons. The van der Waals surface area contributed by atoms with Crippen LogP contribution < -0.4 is 4.74 Å². The van der Waals surface area contributed by atoms with Crippen molar-refractivity contribution < 1.29 is 13.5 Å². The quantitative estimate of drug-likeness (QED) is 0.785. The molecule has 4 heteroatoms. The summed E-state index contributed by atoms with van der Waals surface area (Å²) in [5.41, 5.74) is 2.89. The number of hydrogen-bond acceptors (Lipinski definition) is 2. The van der Waals surface area contributed by atoms with Crippen LogP contribution in [-0.4, -0.2) is 7.11 Å². The Morgan fingerprint density at radius 3 is 2.58 bits per heavy atom. The van der Waals surface area contributed by atoms with E-state index in [1.807, 2.05) is 24.3 Å². The molecule has 1 aliphatic rings. The highest BCUT2D eigenvalue weighted by Crippen LogP contribution is 2.41. The maximum absolute atomic E-state index is 14.7. The van der Waals surface area contributed by atoms with Gasteiger partial charge in [0.05, 0.1) is 18.7 Å². The molecule has 0 N–H and O–H groups in total. The second kappa shape index (κ2) is 6.45. The van der Waals surface area contributed by atoms with Crippen LogP contribution in [0.5, 0.6) is 5.75 Å². The molecule has 2 aromatic rings. The number of benzene rings is 2. The van der Waals surface area contributed by atoms with E-state index < -0.39 is 5.92 Å². The van der Waals surface area contributed by atoms with E-state index in [4.69, 9.17) is 10.00 Å². The minimum atomic E-state index is -2.98. The molecule has 0 saturated heterocycles. The Morgan fingerprint density at radius 1 is 1.17 bits per heavy atom. The fraction of sp³-hybridized carbons (Fsp3) is 0.250. The number of methoxy groups -OCH3 is 1. The van der Waals surface area contributed by atoms with Gasteiger partial charge in [-0.25, -0.2) is 8.78 Å². The van der Waals surface area contributed by atoms with Crippen molar-refractivity contribution in [1.29, 1.82) is 5.26 Å². The molecule has 3 rings (SSSR count). The molecule has 0 saturated carbocycles. The first-order valence-electron chi connectivity index (χ1n) is 7.78. The van der Waals surface area contributed by atoms with Gasteiger partial charge in [0.25, 0.3) is 5.92 Å². The minimum absolute atomic E-state index is 0.0666. The molecule has 0 heterocycles. The van der Waals surface area contributed by atoms with Crippen LogP contribution in [0.2, 0.25) is 0 Å². The Bertz CT molecular complexity index is 817. The Kier molecular flexibility index (Phi) is 4.35. The lowest BCUT2D eigenvalue weighted by Crippen LogP contribution is -2.15. The predicted octanol–water partition coefficient (Wildman–Crippen LogP) is 5.08. The van der Waals surface area contributed by atoms with Crippen LogP contribution in [0.4, 0.5) is 8.78 Å². The molecule has 0 amide bonds. The van der Waals surface area contributed by atoms with Crippen molar-refractivity contribution >= 4 is 5.57 Å². The van der Waals surface area contributed by atoms with E-state index in [0.717, 1.165) is 29.7 Å². The summed E-state index contributed by atoms with van der Waals surface area (Å²) >= 11 is 0. The number of hydrogen-bond donors (Lipinski definition) is 0. The molecule has 2 nitrogen and oxygen atoms in total. The number of nitriles is 1. The lowest BCUT2D eigenvalue weighted by molar-refractivity contribution is 0.00148. The third-order valence-electron chi connectivity index (χ3n) is 4.31. The fourth-order valence-corrected chi connectivity index (χ4v) is 3.03. The van der Waals surface area contributed by atoms with E-state index >= 15 is 0 Å². The first-order valence-corrected chi connectivity index (χ1v) is 7.78. The van der Waals surface area contributed by atoms with Crippen molar-refractivity contribution in [3.63, 3.8) is 0 Å². The van der Waals surface area contributed by atoms with E-state index in [2.05, 4.69) is 0 Å². The van der Waals surface area contributed by atoms with Gasteiger partial charge in [0.2, 0.25) is 0 Å². The van der Waals surface area contributed by atoms with Crippen LogP contribution in [0.1, 0.15) is 35.1 Å². The van der Waals surface area contributed by atoms with Crippen molar-refractivity contribution in [3.8, 4) is 11.8 Å². The van der Waals surface area contributed by atoms with Crippen LogP contribution in [0, 0.1) is 11.3 Å². The molecule has 0 bridgehead atoms. The second-order valence-corrected chi connectivity index (χ2v) is 5.86. The van der Waals surface area contributed by atoms with Crippen LogP contribution in [0.3, 0.4) is 0 Å². The SMILES string of the molecule is COc1ccc2c(c1)CCC=C2CC(F)(F)c1ccc(C#N)cc1. The summed E-state index contributed by atoms with van der Waals surface area (Å²) < 4.78 is 34.5. The van der Waals surface area contributed by atoms with Gasteiger partial charge in [-0.05, 0) is 53.8 Å². The van der Waals surface area contributed by atoms with Crippen LogP contribution in [0.25, 0.3) is 5.57 Å². The van der Waals surface area contributed by atoms with E-state index in [1.165, 1.54) is 24.3 Å². The normalized spacial score (nSPS) is 13.7. The predicted molar refractivity (Wildman–Crippen MR) is 89.0 cm³/mol. The van der Waals surface area contributed by atoms with E-state index in [1.54, 1.807) is 13.2 Å². The number of nitrogens with zero attached hydrogens (tertiary/aromatic N) is 1. The number of halogens is 2. The number of alkyl halides is 2. The standard InChI is InChI=1S/C20H17F2NO/c1-24-18-9-10-19-15(11-18)3-2-4-16(19)12-20(21,22)17-7-5-14(13-23)6-8-17/h4-11H,2-3,12H2,1H3. The second-order valence-electron chi connectivity index (χ2n) is 5.86. The number of fused-ring (bicyclic) bond motifs is 1. The first kappa shape index (κ1) is 16.2. The average molecular weight is 325 g/mol. The smallest absolute Gasteiger partial charge is 0.277 e. The molecule has 2 aromatic carbocycles. The highest BCUT2D eigenvalue weighted by Gasteiger charge is 2.33. The van der Waals surface area contributed by atoms with Gasteiger partial charge in [-0.15, -0.1) is 0 Å². The van der Waals surface area contributed by atoms with Crippen molar-refractivity contribution in [3.05, 3.63) is 70.8 Å². The summed E-state index contributed by atoms with van der Waals surface area (Å²) in [6.45, 7) is 0. The molecule has 0 aliphatic heterocycles. The molecule has 1 aliphatic carbocycles. The van der Waals surface area contributed by atoms with Crippen molar-refractivity contribution in [2.45, 2.75) is 25.2 Å². The zero-order valence-electron chi connectivity index (χ0n) is 13.4. The van der Waals surface area contributed by atoms with Gasteiger partial charge in [-0.3, -0.25) is 0 Å². The third kappa shape index (κ3) is 3.16. The lowest BCUT2D eigenvalue weighted by Gasteiger charge is -2.23. The molecular formula is C20H17F2NO. The van der Waals surface area contributed by atoms with Gasteiger partial charge in [-0.1, -0.05) is 24.3 Å². The van der Waals surface area contributed by atoms with E-state index in [0.29, 0.717) is 11.1 Å². The largest absolute Gasteiger partial charge is 0.497 e. The Labute approximate surface area is 140 Å². The average Bonchev–Trinajstić information content (AvgIpc) is 2.61.